The van der Waals surface area contributed by atoms with Crippen LogP contribution in [0.25, 0.3) is 5.65 Å². The van der Waals surface area contributed by atoms with Crippen LogP contribution in [0, 0.1) is 0 Å². The van der Waals surface area contributed by atoms with Gasteiger partial charge in [0, 0.05) is 17.3 Å². The molecule has 5 nitrogen and oxygen atoms in total. The van der Waals surface area contributed by atoms with Crippen molar-refractivity contribution >= 4 is 34.5 Å². The number of pyridine rings is 1. The zero-order valence-corrected chi connectivity index (χ0v) is 11.9. The Kier molecular flexibility index (Phi) is 3.35. The molecule has 0 spiro atoms. The first-order chi connectivity index (χ1) is 9.24. The molecule has 3 aromatic rings. The van der Waals surface area contributed by atoms with E-state index >= 15 is 0 Å². The minimum atomic E-state index is 0.579. The Hall–Kier alpha value is -1.66. The van der Waals surface area contributed by atoms with Crippen molar-refractivity contribution in [2.75, 3.05) is 5.32 Å². The van der Waals surface area contributed by atoms with Crippen LogP contribution < -0.4 is 5.32 Å². The van der Waals surface area contributed by atoms with Crippen LogP contribution in [0.3, 0.4) is 0 Å². The van der Waals surface area contributed by atoms with Crippen molar-refractivity contribution in [1.82, 2.24) is 19.6 Å². The van der Waals surface area contributed by atoms with E-state index in [1.54, 1.807) is 28.1 Å². The van der Waals surface area contributed by atoms with Crippen molar-refractivity contribution in [2.24, 2.45) is 0 Å². The van der Waals surface area contributed by atoms with Crippen LogP contribution in [-0.4, -0.2) is 19.6 Å². The smallest absolute Gasteiger partial charge is 0.243 e. The molecule has 0 fully saturated rings. The summed E-state index contributed by atoms with van der Waals surface area (Å²) >= 11 is 7.61. The molecule has 0 bridgehead atoms. The highest BCUT2D eigenvalue weighted by molar-refractivity contribution is 7.11. The van der Waals surface area contributed by atoms with Crippen molar-refractivity contribution in [1.29, 1.82) is 0 Å². The van der Waals surface area contributed by atoms with E-state index in [9.17, 15) is 0 Å². The van der Waals surface area contributed by atoms with Gasteiger partial charge < -0.3 is 5.32 Å². The Morgan fingerprint density at radius 2 is 2.32 bits per heavy atom. The van der Waals surface area contributed by atoms with Crippen LogP contribution in [0.2, 0.25) is 5.02 Å². The van der Waals surface area contributed by atoms with Crippen molar-refractivity contribution in [2.45, 2.75) is 19.9 Å². The molecule has 0 atom stereocenters. The molecule has 0 aliphatic heterocycles. The Morgan fingerprint density at radius 1 is 1.42 bits per heavy atom. The van der Waals surface area contributed by atoms with Gasteiger partial charge in [0.1, 0.15) is 5.01 Å². The van der Waals surface area contributed by atoms with Gasteiger partial charge in [-0.3, -0.25) is 0 Å². The molecule has 0 aliphatic carbocycles. The number of aryl methyl sites for hydroxylation is 1. The van der Waals surface area contributed by atoms with E-state index in [1.807, 2.05) is 12.3 Å². The van der Waals surface area contributed by atoms with Gasteiger partial charge in [0.25, 0.3) is 0 Å². The number of anilines is 1. The van der Waals surface area contributed by atoms with E-state index in [1.165, 1.54) is 4.88 Å². The highest BCUT2D eigenvalue weighted by atomic mass is 35.5. The Bertz CT molecular complexity index is 705. The van der Waals surface area contributed by atoms with Crippen molar-refractivity contribution in [3.8, 4) is 0 Å². The molecule has 0 saturated carbocycles. The third kappa shape index (κ3) is 2.69. The first kappa shape index (κ1) is 12.4. The maximum Gasteiger partial charge on any atom is 0.243 e. The SMILES string of the molecule is CCc1cnc(CNc2nc3ccc(Cl)cn3n2)s1. The Balaban J connectivity index is 1.74. The summed E-state index contributed by atoms with van der Waals surface area (Å²) in [7, 11) is 0. The van der Waals surface area contributed by atoms with Gasteiger partial charge in [-0.15, -0.1) is 16.4 Å². The largest absolute Gasteiger partial charge is 0.346 e. The number of aromatic nitrogens is 4. The number of rotatable bonds is 4. The summed E-state index contributed by atoms with van der Waals surface area (Å²) in [5.74, 6) is 0.579. The summed E-state index contributed by atoms with van der Waals surface area (Å²) < 4.78 is 1.66. The van der Waals surface area contributed by atoms with E-state index in [4.69, 9.17) is 11.6 Å². The third-order valence-corrected chi connectivity index (χ3v) is 4.01. The molecular weight excluding hydrogens is 282 g/mol. The highest BCUT2D eigenvalue weighted by Crippen LogP contribution is 2.15. The summed E-state index contributed by atoms with van der Waals surface area (Å²) in [5.41, 5.74) is 0.764. The number of nitrogens with zero attached hydrogens (tertiary/aromatic N) is 4. The quantitative estimate of drug-likeness (QED) is 0.803. The Labute approximate surface area is 119 Å². The molecule has 0 aliphatic rings. The molecule has 1 N–H and O–H groups in total. The van der Waals surface area contributed by atoms with Crippen LogP contribution >= 0.6 is 22.9 Å². The topological polar surface area (TPSA) is 55.1 Å². The summed E-state index contributed by atoms with van der Waals surface area (Å²) in [5, 5.41) is 9.14. The molecule has 0 amide bonds. The fourth-order valence-corrected chi connectivity index (χ4v) is 2.64. The van der Waals surface area contributed by atoms with Gasteiger partial charge in [0.15, 0.2) is 5.65 Å². The van der Waals surface area contributed by atoms with E-state index in [2.05, 4.69) is 27.3 Å². The maximum absolute atomic E-state index is 5.90. The average Bonchev–Trinajstić information content (AvgIpc) is 3.01. The standard InChI is InChI=1S/C12H12ClN5S/c1-2-9-5-14-11(19-9)6-15-12-16-10-4-3-8(13)7-18(10)17-12/h3-5,7H,2,6H2,1H3,(H,15,17). The summed E-state index contributed by atoms with van der Waals surface area (Å²) in [6.07, 6.45) is 4.66. The fraction of sp³-hybridized carbons (Fsp3) is 0.250. The predicted molar refractivity (Wildman–Crippen MR) is 76.8 cm³/mol. The lowest BCUT2D eigenvalue weighted by atomic mass is 10.4. The number of halogens is 1. The summed E-state index contributed by atoms with van der Waals surface area (Å²) in [4.78, 5) is 9.98. The summed E-state index contributed by atoms with van der Waals surface area (Å²) in [6, 6.07) is 3.63. The van der Waals surface area contributed by atoms with Gasteiger partial charge >= 0.3 is 0 Å². The van der Waals surface area contributed by atoms with Gasteiger partial charge in [-0.25, -0.2) is 9.50 Å². The Morgan fingerprint density at radius 3 is 3.11 bits per heavy atom. The van der Waals surface area contributed by atoms with Crippen molar-refractivity contribution in [3.63, 3.8) is 0 Å². The molecule has 0 saturated heterocycles. The van der Waals surface area contributed by atoms with Crippen LogP contribution in [0.5, 0.6) is 0 Å². The zero-order valence-electron chi connectivity index (χ0n) is 10.3. The van der Waals surface area contributed by atoms with E-state index in [-0.39, 0.29) is 0 Å². The molecule has 98 valence electrons. The number of hydrogen-bond donors (Lipinski definition) is 1. The molecule has 7 heteroatoms. The van der Waals surface area contributed by atoms with Crippen molar-refractivity contribution < 1.29 is 0 Å². The first-order valence-electron chi connectivity index (χ1n) is 5.94. The zero-order chi connectivity index (χ0) is 13.2. The molecular formula is C12H12ClN5S. The molecule has 0 unspecified atom stereocenters. The fourth-order valence-electron chi connectivity index (χ4n) is 1.68. The second kappa shape index (κ2) is 5.14. The maximum atomic E-state index is 5.90. The van der Waals surface area contributed by atoms with E-state index < -0.39 is 0 Å². The summed E-state index contributed by atoms with van der Waals surface area (Å²) in [6.45, 7) is 2.76. The molecule has 0 aromatic carbocycles. The van der Waals surface area contributed by atoms with Gasteiger partial charge in [0.2, 0.25) is 5.95 Å². The average molecular weight is 294 g/mol. The van der Waals surface area contributed by atoms with Gasteiger partial charge in [-0.1, -0.05) is 18.5 Å². The monoisotopic (exact) mass is 293 g/mol. The second-order valence-electron chi connectivity index (χ2n) is 4.01. The van der Waals surface area contributed by atoms with Crippen LogP contribution in [-0.2, 0) is 13.0 Å². The highest BCUT2D eigenvalue weighted by Gasteiger charge is 2.05. The minimum absolute atomic E-state index is 0.579. The van der Waals surface area contributed by atoms with Crippen LogP contribution in [0.15, 0.2) is 24.5 Å². The van der Waals surface area contributed by atoms with Crippen molar-refractivity contribution in [3.05, 3.63) is 39.4 Å². The number of thiazole rings is 1. The van der Waals surface area contributed by atoms with Crippen LogP contribution in [0.1, 0.15) is 16.8 Å². The minimum Gasteiger partial charge on any atom is -0.346 e. The van der Waals surface area contributed by atoms with Gasteiger partial charge in [-0.05, 0) is 18.6 Å². The predicted octanol–water partition coefficient (Wildman–Crippen LogP) is 3.01. The number of nitrogens with one attached hydrogen (secondary N) is 1. The molecule has 0 radical (unpaired) electrons. The van der Waals surface area contributed by atoms with E-state index in [0.717, 1.165) is 17.1 Å². The lowest BCUT2D eigenvalue weighted by molar-refractivity contribution is 0.948. The van der Waals surface area contributed by atoms with Gasteiger partial charge in [0.05, 0.1) is 11.6 Å². The lowest BCUT2D eigenvalue weighted by Crippen LogP contribution is -2.00. The molecule has 19 heavy (non-hydrogen) atoms. The lowest BCUT2D eigenvalue weighted by Gasteiger charge is -1.96. The molecule has 3 rings (SSSR count). The normalized spacial score (nSPS) is 11.1. The molecule has 3 aromatic heterocycles. The van der Waals surface area contributed by atoms with Gasteiger partial charge in [-0.2, -0.15) is 4.98 Å². The third-order valence-electron chi connectivity index (χ3n) is 2.64. The molecule has 3 heterocycles. The van der Waals surface area contributed by atoms with E-state index in [0.29, 0.717) is 17.5 Å². The second-order valence-corrected chi connectivity index (χ2v) is 5.65. The van der Waals surface area contributed by atoms with Crippen LogP contribution in [0.4, 0.5) is 5.95 Å². The first-order valence-corrected chi connectivity index (χ1v) is 7.13. The number of hydrogen-bond acceptors (Lipinski definition) is 5. The number of fused-ring (bicyclic) bond motifs is 1.